The van der Waals surface area contributed by atoms with Gasteiger partial charge in [-0.1, -0.05) is 4.39 Å². The molecule has 0 aromatic heterocycles. The van der Waals surface area contributed by atoms with Crippen molar-refractivity contribution in [2.24, 2.45) is 0 Å². The summed E-state index contributed by atoms with van der Waals surface area (Å²) in [5.41, 5.74) is 0. The Hall–Kier alpha value is 1.34. The quantitative estimate of drug-likeness (QED) is 0.566. The molecular weight excluding hydrogens is 188 g/mol. The van der Waals surface area contributed by atoms with Crippen molar-refractivity contribution >= 4 is 61.5 Å². The summed E-state index contributed by atoms with van der Waals surface area (Å²) in [7, 11) is -5.24. The van der Waals surface area contributed by atoms with E-state index in [1.807, 2.05) is 4.39 Å². The van der Waals surface area contributed by atoms with Gasteiger partial charge in [0.25, 0.3) is 0 Å². The summed E-state index contributed by atoms with van der Waals surface area (Å²) in [5.74, 6) is -3.81. The van der Waals surface area contributed by atoms with Crippen molar-refractivity contribution < 1.29 is 26.1 Å². The topological polar surface area (TPSA) is 43.4 Å². The van der Waals surface area contributed by atoms with Crippen molar-refractivity contribution in [3.8, 4) is 0 Å². The first kappa shape index (κ1) is 13.0. The Morgan fingerprint density at radius 1 is 1.33 bits per heavy atom. The molecule has 0 aliphatic heterocycles. The van der Waals surface area contributed by atoms with Gasteiger partial charge in [0, 0.05) is 0 Å². The van der Waals surface area contributed by atoms with Crippen molar-refractivity contribution in [1.29, 1.82) is 0 Å². The molecule has 0 radical (unpaired) electrons. The third-order valence-corrected chi connectivity index (χ3v) is 0.918. The molecule has 3 nitrogen and oxygen atoms in total. The van der Waals surface area contributed by atoms with Gasteiger partial charge in [-0.05, 0) is 4.53 Å². The zero-order chi connectivity index (χ0) is 6.78. The molecule has 9 heavy (non-hydrogen) atoms. The van der Waals surface area contributed by atoms with Crippen molar-refractivity contribution in [3.05, 3.63) is 0 Å². The van der Waals surface area contributed by atoms with Crippen molar-refractivity contribution in [3.63, 3.8) is 0 Å². The van der Waals surface area contributed by atoms with Crippen LogP contribution in [0.15, 0.2) is 0 Å². The standard InChI is InChI=1S/CHF3O3S.K.H/c2-1(3)8(5,6)7-4;;/h1H;;. The second-order valence-electron chi connectivity index (χ2n) is 0.816. The molecule has 0 saturated carbocycles. The molecule has 0 saturated heterocycles. The van der Waals surface area contributed by atoms with Gasteiger partial charge in [-0.25, -0.2) is 0 Å². The molecule has 0 heterocycles. The third-order valence-electron chi connectivity index (χ3n) is 0.306. The summed E-state index contributed by atoms with van der Waals surface area (Å²) in [6, 6.07) is 0. The van der Waals surface area contributed by atoms with Crippen LogP contribution in [0.5, 0.6) is 0 Å². The van der Waals surface area contributed by atoms with Gasteiger partial charge >= 0.3 is 67.3 Å². The fourth-order valence-corrected chi connectivity index (χ4v) is 0.0825. The second kappa shape index (κ2) is 5.05. The maximum atomic E-state index is 10.9. The van der Waals surface area contributed by atoms with Crippen LogP contribution in [0.3, 0.4) is 0 Å². The van der Waals surface area contributed by atoms with Gasteiger partial charge in [0.2, 0.25) is 0 Å². The third kappa shape index (κ3) is 4.70. The van der Waals surface area contributed by atoms with Crippen molar-refractivity contribution in [1.82, 2.24) is 0 Å². The van der Waals surface area contributed by atoms with Gasteiger partial charge in [-0.2, -0.15) is 17.2 Å². The first-order chi connectivity index (χ1) is 3.50. The Bertz CT molecular complexity index is 152. The molecule has 0 aliphatic rings. The predicted octanol–water partition coefficient (Wildman–Crippen LogP) is -0.209. The Morgan fingerprint density at radius 2 is 1.67 bits per heavy atom. The molecule has 0 amide bonds. The maximum absolute atomic E-state index is 10.9. The summed E-state index contributed by atoms with van der Waals surface area (Å²) >= 11 is 0. The van der Waals surface area contributed by atoms with Crippen LogP contribution in [-0.2, 0) is 14.5 Å². The van der Waals surface area contributed by atoms with E-state index < -0.39 is 15.9 Å². The number of alkyl halides is 2. The molecule has 0 atom stereocenters. The van der Waals surface area contributed by atoms with E-state index in [-0.39, 0.29) is 51.4 Å². The summed E-state index contributed by atoms with van der Waals surface area (Å²) in [5, 5.41) is 0. The van der Waals surface area contributed by atoms with Gasteiger partial charge < -0.3 is 0 Å². The summed E-state index contributed by atoms with van der Waals surface area (Å²) in [6.07, 6.45) is 0. The average molecular weight is 190 g/mol. The zero-order valence-electron chi connectivity index (χ0n) is 3.34. The van der Waals surface area contributed by atoms with Crippen LogP contribution >= 0.6 is 0 Å². The average Bonchev–Trinajstić information content (AvgIpc) is 1.67. The van der Waals surface area contributed by atoms with E-state index in [0.29, 0.717) is 0 Å². The van der Waals surface area contributed by atoms with Gasteiger partial charge in [-0.3, -0.25) is 0 Å². The molecule has 0 bridgehead atoms. The van der Waals surface area contributed by atoms with Crippen LogP contribution in [0, 0.1) is 0 Å². The molecule has 8 heteroatoms. The van der Waals surface area contributed by atoms with Crippen LogP contribution in [0.4, 0.5) is 13.3 Å². The van der Waals surface area contributed by atoms with Crippen molar-refractivity contribution in [2.45, 2.75) is 5.76 Å². The van der Waals surface area contributed by atoms with Crippen LogP contribution in [-0.4, -0.2) is 65.6 Å². The Morgan fingerprint density at radius 3 is 1.67 bits per heavy atom. The molecule has 0 N–H and O–H groups in total. The van der Waals surface area contributed by atoms with E-state index in [9.17, 15) is 21.7 Å². The number of rotatable bonds is 2. The van der Waals surface area contributed by atoms with E-state index in [1.165, 1.54) is 0 Å². The first-order valence-electron chi connectivity index (χ1n) is 1.33. The van der Waals surface area contributed by atoms with Gasteiger partial charge in [0.15, 0.2) is 0 Å². The normalized spacial score (nSPS) is 11.1. The minimum atomic E-state index is -5.24. The minimum absolute atomic E-state index is 0. The molecular formula is CH2F3KO3S. The molecule has 0 aromatic carbocycles. The second-order valence-corrected chi connectivity index (χ2v) is 2.28. The van der Waals surface area contributed by atoms with Crippen LogP contribution in [0.2, 0.25) is 0 Å². The Kier molecular flexibility index (Phi) is 7.27. The van der Waals surface area contributed by atoms with Gasteiger partial charge in [-0.15, -0.1) is 0 Å². The van der Waals surface area contributed by atoms with E-state index >= 15 is 0 Å². The number of hydrogen-bond acceptors (Lipinski definition) is 3. The SMILES string of the molecule is O=S(=O)(OF)C(F)F.[KH]. The van der Waals surface area contributed by atoms with Crippen LogP contribution in [0.25, 0.3) is 0 Å². The Balaban J connectivity index is 0. The van der Waals surface area contributed by atoms with E-state index in [2.05, 4.69) is 0 Å². The van der Waals surface area contributed by atoms with E-state index in [1.54, 1.807) is 0 Å². The van der Waals surface area contributed by atoms with E-state index in [0.717, 1.165) is 0 Å². The Labute approximate surface area is 92.0 Å². The molecule has 0 fully saturated rings. The fraction of sp³-hybridized carbons (Fsp3) is 1.00. The van der Waals surface area contributed by atoms with Crippen molar-refractivity contribution in [2.75, 3.05) is 0 Å². The predicted molar refractivity (Wildman–Crippen MR) is 24.3 cm³/mol. The fourth-order valence-electron chi connectivity index (χ4n) is 0.0275. The molecule has 0 spiro atoms. The molecule has 0 rings (SSSR count). The molecule has 52 valence electrons. The number of halogens is 3. The van der Waals surface area contributed by atoms with Gasteiger partial charge in [0.05, 0.1) is 0 Å². The van der Waals surface area contributed by atoms with E-state index in [4.69, 9.17) is 0 Å². The molecule has 0 unspecified atom stereocenters. The monoisotopic (exact) mass is 190 g/mol. The first-order valence-corrected chi connectivity index (χ1v) is 2.80. The molecule has 0 aliphatic carbocycles. The van der Waals surface area contributed by atoms with Crippen LogP contribution < -0.4 is 0 Å². The summed E-state index contributed by atoms with van der Waals surface area (Å²) < 4.78 is 52.8. The van der Waals surface area contributed by atoms with Crippen LogP contribution in [0.1, 0.15) is 0 Å². The summed E-state index contributed by atoms with van der Waals surface area (Å²) in [4.78, 5) is 0. The van der Waals surface area contributed by atoms with Gasteiger partial charge in [0.1, 0.15) is 0 Å². The zero-order valence-corrected chi connectivity index (χ0v) is 4.16. The number of hydrogen-bond donors (Lipinski definition) is 0. The molecule has 0 aromatic rings. The summed E-state index contributed by atoms with van der Waals surface area (Å²) in [6.45, 7) is 0.